The van der Waals surface area contributed by atoms with Gasteiger partial charge in [0.1, 0.15) is 5.82 Å². The Bertz CT molecular complexity index is 402. The van der Waals surface area contributed by atoms with Crippen LogP contribution in [0.15, 0.2) is 18.2 Å². The van der Waals surface area contributed by atoms with E-state index in [0.29, 0.717) is 6.54 Å². The van der Waals surface area contributed by atoms with E-state index in [1.54, 1.807) is 0 Å². The summed E-state index contributed by atoms with van der Waals surface area (Å²) < 4.78 is 51.1. The highest BCUT2D eigenvalue weighted by Crippen LogP contribution is 2.32. The highest BCUT2D eigenvalue weighted by atomic mass is 19.4. The Kier molecular flexibility index (Phi) is 5.75. The number of alkyl halides is 3. The van der Waals surface area contributed by atoms with E-state index in [9.17, 15) is 17.6 Å². The fraction of sp³-hybridized carbons (Fsp3) is 0.538. The summed E-state index contributed by atoms with van der Waals surface area (Å²) in [5.74, 6) is -1.19. The van der Waals surface area contributed by atoms with E-state index in [2.05, 4.69) is 5.32 Å². The maximum atomic E-state index is 13.6. The van der Waals surface area contributed by atoms with Gasteiger partial charge < -0.3 is 10.2 Å². The third-order valence-electron chi connectivity index (χ3n) is 2.66. The van der Waals surface area contributed by atoms with Gasteiger partial charge in [0.05, 0.1) is 5.56 Å². The van der Waals surface area contributed by atoms with Gasteiger partial charge in [-0.25, -0.2) is 4.39 Å². The zero-order chi connectivity index (χ0) is 14.5. The number of hydrogen-bond acceptors (Lipinski definition) is 2. The van der Waals surface area contributed by atoms with Crippen molar-refractivity contribution in [3.63, 3.8) is 0 Å². The normalized spacial score (nSPS) is 12.2. The minimum Gasteiger partial charge on any atom is -0.313 e. The van der Waals surface area contributed by atoms with Crippen LogP contribution in [0.2, 0.25) is 0 Å². The van der Waals surface area contributed by atoms with E-state index in [1.165, 1.54) is 12.1 Å². The number of rotatable bonds is 6. The van der Waals surface area contributed by atoms with E-state index in [4.69, 9.17) is 0 Å². The molecule has 0 bridgehead atoms. The summed E-state index contributed by atoms with van der Waals surface area (Å²) in [6.07, 6.45) is -3.79. The first-order valence-corrected chi connectivity index (χ1v) is 6.02. The summed E-state index contributed by atoms with van der Waals surface area (Å²) in [5.41, 5.74) is -1.17. The Balaban J connectivity index is 2.55. The van der Waals surface area contributed by atoms with Gasteiger partial charge >= 0.3 is 6.18 Å². The zero-order valence-corrected chi connectivity index (χ0v) is 11.0. The van der Waals surface area contributed by atoms with Gasteiger partial charge in [-0.1, -0.05) is 12.1 Å². The largest absolute Gasteiger partial charge is 0.419 e. The van der Waals surface area contributed by atoms with Crippen LogP contribution >= 0.6 is 0 Å². The third-order valence-corrected chi connectivity index (χ3v) is 2.66. The zero-order valence-electron chi connectivity index (χ0n) is 11.0. The first-order chi connectivity index (χ1) is 8.82. The minimum atomic E-state index is -4.65. The van der Waals surface area contributed by atoms with Gasteiger partial charge in [0.2, 0.25) is 0 Å². The van der Waals surface area contributed by atoms with E-state index in [0.717, 1.165) is 19.0 Å². The molecule has 0 spiro atoms. The Morgan fingerprint density at radius 3 is 2.47 bits per heavy atom. The molecule has 0 unspecified atom stereocenters. The van der Waals surface area contributed by atoms with E-state index >= 15 is 0 Å². The van der Waals surface area contributed by atoms with Crippen LogP contribution in [-0.4, -0.2) is 32.1 Å². The molecule has 0 aromatic heterocycles. The lowest BCUT2D eigenvalue weighted by atomic mass is 10.1. The summed E-state index contributed by atoms with van der Waals surface area (Å²) in [6, 6.07) is 3.34. The fourth-order valence-electron chi connectivity index (χ4n) is 1.68. The molecular weight excluding hydrogens is 260 g/mol. The molecule has 0 aliphatic heterocycles. The first-order valence-electron chi connectivity index (χ1n) is 6.02. The van der Waals surface area contributed by atoms with Crippen LogP contribution < -0.4 is 5.32 Å². The van der Waals surface area contributed by atoms with Gasteiger partial charge in [0.25, 0.3) is 0 Å². The SMILES string of the molecule is CN(C)CCCNCc1cccc(C(F)(F)F)c1F. The second-order valence-corrected chi connectivity index (χ2v) is 4.61. The van der Waals surface area contributed by atoms with Gasteiger partial charge in [0, 0.05) is 12.1 Å². The molecule has 1 aromatic rings. The summed E-state index contributed by atoms with van der Waals surface area (Å²) in [7, 11) is 3.87. The Morgan fingerprint density at radius 1 is 1.21 bits per heavy atom. The second kappa shape index (κ2) is 6.86. The second-order valence-electron chi connectivity index (χ2n) is 4.61. The Morgan fingerprint density at radius 2 is 1.89 bits per heavy atom. The van der Waals surface area contributed by atoms with Crippen LogP contribution in [0, 0.1) is 5.82 Å². The molecule has 0 heterocycles. The number of hydrogen-bond donors (Lipinski definition) is 1. The van der Waals surface area contributed by atoms with Crippen LogP contribution in [-0.2, 0) is 12.7 Å². The van der Waals surface area contributed by atoms with Gasteiger partial charge in [-0.3, -0.25) is 0 Å². The summed E-state index contributed by atoms with van der Waals surface area (Å²) >= 11 is 0. The molecule has 6 heteroatoms. The summed E-state index contributed by atoms with van der Waals surface area (Å²) in [4.78, 5) is 2.01. The average Bonchev–Trinajstić information content (AvgIpc) is 2.28. The molecular formula is C13H18F4N2. The van der Waals surface area contributed by atoms with E-state index in [1.807, 2.05) is 19.0 Å². The molecule has 0 fully saturated rings. The molecule has 0 aliphatic rings. The molecule has 19 heavy (non-hydrogen) atoms. The van der Waals surface area contributed by atoms with Crippen molar-refractivity contribution in [1.29, 1.82) is 0 Å². The third kappa shape index (κ3) is 5.16. The molecule has 2 nitrogen and oxygen atoms in total. The lowest BCUT2D eigenvalue weighted by Gasteiger charge is -2.12. The molecule has 1 rings (SSSR count). The van der Waals surface area contributed by atoms with Crippen molar-refractivity contribution in [3.8, 4) is 0 Å². The van der Waals surface area contributed by atoms with Crippen molar-refractivity contribution in [3.05, 3.63) is 35.1 Å². The maximum Gasteiger partial charge on any atom is 0.419 e. The summed E-state index contributed by atoms with van der Waals surface area (Å²) in [5, 5.41) is 2.94. The van der Waals surface area contributed by atoms with Crippen molar-refractivity contribution in [1.82, 2.24) is 10.2 Å². The molecule has 0 saturated heterocycles. The summed E-state index contributed by atoms with van der Waals surface area (Å²) in [6.45, 7) is 1.61. The van der Waals surface area contributed by atoms with E-state index in [-0.39, 0.29) is 12.1 Å². The van der Waals surface area contributed by atoms with Gasteiger partial charge in [0.15, 0.2) is 0 Å². The van der Waals surface area contributed by atoms with Crippen LogP contribution in [0.1, 0.15) is 17.5 Å². The van der Waals surface area contributed by atoms with Crippen LogP contribution in [0.4, 0.5) is 17.6 Å². The van der Waals surface area contributed by atoms with Gasteiger partial charge in [-0.2, -0.15) is 13.2 Å². The van der Waals surface area contributed by atoms with Crippen molar-refractivity contribution in [2.24, 2.45) is 0 Å². The Hall–Kier alpha value is -1.14. The van der Waals surface area contributed by atoms with Crippen molar-refractivity contribution in [2.45, 2.75) is 19.1 Å². The van der Waals surface area contributed by atoms with Crippen molar-refractivity contribution >= 4 is 0 Å². The van der Waals surface area contributed by atoms with Gasteiger partial charge in [-0.05, 0) is 39.7 Å². The van der Waals surface area contributed by atoms with E-state index < -0.39 is 17.6 Å². The topological polar surface area (TPSA) is 15.3 Å². The number of nitrogens with zero attached hydrogens (tertiary/aromatic N) is 1. The number of halogens is 4. The molecule has 1 aromatic carbocycles. The maximum absolute atomic E-state index is 13.6. The molecule has 0 saturated carbocycles. The molecule has 0 amide bonds. The predicted octanol–water partition coefficient (Wildman–Crippen LogP) is 2.89. The van der Waals surface area contributed by atoms with Crippen LogP contribution in [0.25, 0.3) is 0 Å². The highest BCUT2D eigenvalue weighted by molar-refractivity contribution is 5.28. The highest BCUT2D eigenvalue weighted by Gasteiger charge is 2.34. The van der Waals surface area contributed by atoms with Crippen LogP contribution in [0.3, 0.4) is 0 Å². The molecule has 0 aliphatic carbocycles. The van der Waals surface area contributed by atoms with Crippen LogP contribution in [0.5, 0.6) is 0 Å². The minimum absolute atomic E-state index is 0.0414. The predicted molar refractivity (Wildman–Crippen MR) is 66.3 cm³/mol. The number of nitrogens with one attached hydrogen (secondary N) is 1. The van der Waals surface area contributed by atoms with Crippen molar-refractivity contribution in [2.75, 3.05) is 27.2 Å². The standard InChI is InChI=1S/C13H18F4N2/c1-19(2)8-4-7-18-9-10-5-3-6-11(12(10)14)13(15,16)17/h3,5-6,18H,4,7-9H2,1-2H3. The lowest BCUT2D eigenvalue weighted by Crippen LogP contribution is -2.22. The lowest BCUT2D eigenvalue weighted by molar-refractivity contribution is -0.140. The number of benzene rings is 1. The Labute approximate surface area is 110 Å². The first kappa shape index (κ1) is 15.9. The fourth-order valence-corrected chi connectivity index (χ4v) is 1.68. The monoisotopic (exact) mass is 278 g/mol. The average molecular weight is 278 g/mol. The molecule has 108 valence electrons. The quantitative estimate of drug-likeness (QED) is 0.636. The van der Waals surface area contributed by atoms with Crippen molar-refractivity contribution < 1.29 is 17.6 Å². The van der Waals surface area contributed by atoms with Gasteiger partial charge in [-0.15, -0.1) is 0 Å². The smallest absolute Gasteiger partial charge is 0.313 e. The molecule has 0 atom stereocenters. The molecule has 0 radical (unpaired) electrons. The molecule has 1 N–H and O–H groups in total.